The van der Waals surface area contributed by atoms with Crippen molar-refractivity contribution in [2.24, 2.45) is 0 Å². The number of benzene rings is 4. The van der Waals surface area contributed by atoms with Crippen LogP contribution in [0.25, 0.3) is 0 Å². The first-order valence-corrected chi connectivity index (χ1v) is 17.9. The van der Waals surface area contributed by atoms with Crippen LogP contribution in [-0.2, 0) is 32.6 Å². The Morgan fingerprint density at radius 2 is 1.52 bits per heavy atom. The molecule has 9 heteroatoms. The summed E-state index contributed by atoms with van der Waals surface area (Å²) in [5.74, 6) is 0.0534. The molecule has 0 aromatic heterocycles. The van der Waals surface area contributed by atoms with Gasteiger partial charge >= 0.3 is 0 Å². The van der Waals surface area contributed by atoms with Crippen LogP contribution in [0.4, 0.5) is 5.69 Å². The molecule has 0 spiro atoms. The van der Waals surface area contributed by atoms with Gasteiger partial charge in [-0.1, -0.05) is 99.5 Å². The molecule has 0 radical (unpaired) electrons. The first kappa shape index (κ1) is 36.2. The molecule has 0 heterocycles. The van der Waals surface area contributed by atoms with E-state index in [-0.39, 0.29) is 29.7 Å². The van der Waals surface area contributed by atoms with Crippen molar-refractivity contribution in [1.29, 1.82) is 0 Å². The highest BCUT2D eigenvalue weighted by Gasteiger charge is 2.34. The van der Waals surface area contributed by atoms with Crippen molar-refractivity contribution in [3.05, 3.63) is 125 Å². The topological polar surface area (TPSA) is 96.0 Å². The summed E-state index contributed by atoms with van der Waals surface area (Å²) in [7, 11) is -2.60. The molecule has 48 heavy (non-hydrogen) atoms. The third-order valence-electron chi connectivity index (χ3n) is 8.32. The fraction of sp³-hybridized carbons (Fsp3) is 0.333. The lowest BCUT2D eigenvalue weighted by Crippen LogP contribution is -2.53. The number of sulfonamides is 1. The highest BCUT2D eigenvalue weighted by Crippen LogP contribution is 2.27. The summed E-state index contributed by atoms with van der Waals surface area (Å²) in [6, 6.07) is 29.8. The molecule has 0 saturated carbocycles. The van der Waals surface area contributed by atoms with E-state index in [0.29, 0.717) is 18.0 Å². The lowest BCUT2D eigenvalue weighted by atomic mass is 10.0. The van der Waals surface area contributed by atoms with Crippen LogP contribution in [0.15, 0.2) is 108 Å². The summed E-state index contributed by atoms with van der Waals surface area (Å²) in [4.78, 5) is 30.2. The maximum atomic E-state index is 14.7. The molecule has 254 valence electrons. The van der Waals surface area contributed by atoms with E-state index in [9.17, 15) is 18.0 Å². The average Bonchev–Trinajstić information content (AvgIpc) is 3.09. The minimum atomic E-state index is -4.17. The van der Waals surface area contributed by atoms with E-state index in [1.54, 1.807) is 43.5 Å². The van der Waals surface area contributed by atoms with E-state index in [0.717, 1.165) is 39.4 Å². The Labute approximate surface area is 285 Å². The summed E-state index contributed by atoms with van der Waals surface area (Å²) >= 11 is 0. The Morgan fingerprint density at radius 3 is 2.15 bits per heavy atom. The van der Waals surface area contributed by atoms with Gasteiger partial charge in [0.2, 0.25) is 11.8 Å². The van der Waals surface area contributed by atoms with Crippen LogP contribution in [0.2, 0.25) is 0 Å². The van der Waals surface area contributed by atoms with E-state index in [2.05, 4.69) is 19.2 Å². The van der Waals surface area contributed by atoms with Gasteiger partial charge in [0.1, 0.15) is 18.3 Å². The summed E-state index contributed by atoms with van der Waals surface area (Å²) in [6.07, 6.45) is 1.95. The predicted octanol–water partition coefficient (Wildman–Crippen LogP) is 6.88. The number of carbonyl (C=O) groups excluding carboxylic acids is 2. The second-order valence-electron chi connectivity index (χ2n) is 12.3. The van der Waals surface area contributed by atoms with Gasteiger partial charge in [-0.2, -0.15) is 0 Å². The molecule has 4 aromatic rings. The molecule has 1 atom stereocenters. The second-order valence-corrected chi connectivity index (χ2v) is 14.2. The molecule has 0 bridgehead atoms. The van der Waals surface area contributed by atoms with Crippen LogP contribution in [-0.4, -0.2) is 51.4 Å². The van der Waals surface area contributed by atoms with Crippen LogP contribution >= 0.6 is 0 Å². The number of anilines is 1. The van der Waals surface area contributed by atoms with Crippen molar-refractivity contribution >= 4 is 27.5 Å². The van der Waals surface area contributed by atoms with Crippen molar-refractivity contribution in [2.75, 3.05) is 24.5 Å². The number of hydrogen-bond acceptors (Lipinski definition) is 5. The number of nitrogens with zero attached hydrogens (tertiary/aromatic N) is 2. The van der Waals surface area contributed by atoms with Crippen LogP contribution < -0.4 is 14.4 Å². The van der Waals surface area contributed by atoms with Gasteiger partial charge in [0.05, 0.1) is 17.7 Å². The molecule has 2 amide bonds. The summed E-state index contributed by atoms with van der Waals surface area (Å²) in [6.45, 7) is 8.09. The Morgan fingerprint density at radius 1 is 0.854 bits per heavy atom. The Kier molecular flexibility index (Phi) is 12.8. The molecule has 0 aliphatic rings. The van der Waals surface area contributed by atoms with Gasteiger partial charge < -0.3 is 15.0 Å². The number of nitrogens with one attached hydrogen (secondary N) is 1. The van der Waals surface area contributed by atoms with E-state index < -0.39 is 28.5 Å². The number of hydrogen-bond donors (Lipinski definition) is 1. The van der Waals surface area contributed by atoms with Gasteiger partial charge in [0.15, 0.2) is 0 Å². The van der Waals surface area contributed by atoms with Crippen LogP contribution in [0, 0.1) is 6.92 Å². The molecular weight excluding hydrogens is 623 g/mol. The van der Waals surface area contributed by atoms with Crippen molar-refractivity contribution in [3.8, 4) is 5.75 Å². The smallest absolute Gasteiger partial charge is 0.264 e. The fourth-order valence-corrected chi connectivity index (χ4v) is 6.83. The Balaban J connectivity index is 1.81. The largest absolute Gasteiger partial charge is 0.497 e. The summed E-state index contributed by atoms with van der Waals surface area (Å²) in [5, 5.41) is 3.02. The highest BCUT2D eigenvalue weighted by atomic mass is 32.2. The number of carbonyl (C=O) groups is 2. The summed E-state index contributed by atoms with van der Waals surface area (Å²) in [5.41, 5.74) is 3.95. The third kappa shape index (κ3) is 9.47. The monoisotopic (exact) mass is 669 g/mol. The summed E-state index contributed by atoms with van der Waals surface area (Å²) < 4.78 is 35.2. The van der Waals surface area contributed by atoms with Crippen molar-refractivity contribution < 1.29 is 22.7 Å². The van der Waals surface area contributed by atoms with Gasteiger partial charge in [-0.05, 0) is 72.4 Å². The Bertz CT molecular complexity index is 1740. The van der Waals surface area contributed by atoms with Crippen LogP contribution in [0.3, 0.4) is 0 Å². The van der Waals surface area contributed by atoms with Crippen molar-refractivity contribution in [1.82, 2.24) is 10.2 Å². The molecule has 4 aromatic carbocycles. The molecule has 0 fully saturated rings. The lowest BCUT2D eigenvalue weighted by Gasteiger charge is -2.34. The van der Waals surface area contributed by atoms with Gasteiger partial charge in [-0.3, -0.25) is 13.9 Å². The number of rotatable bonds is 16. The average molecular weight is 670 g/mol. The first-order chi connectivity index (χ1) is 23.0. The van der Waals surface area contributed by atoms with Gasteiger partial charge in [-0.15, -0.1) is 0 Å². The van der Waals surface area contributed by atoms with Crippen LogP contribution in [0.1, 0.15) is 61.8 Å². The number of methoxy groups -OCH3 is 1. The standard InChI is InChI=1S/C39H47N3O5S/c1-6-7-24-40-39(44)37(26-31-12-9-8-10-13-31)41(27-32-14-11-15-35(25-32)47-5)38(43)28-42(34-20-18-33(19-21-34)29(2)3)48(45,46)36-22-16-30(4)17-23-36/h8-23,25,29,37H,6-7,24,26-28H2,1-5H3,(H,40,44)/t37-/m0/s1. The van der Waals surface area contributed by atoms with Crippen molar-refractivity contribution in [2.45, 2.75) is 70.4 Å². The molecule has 0 unspecified atom stereocenters. The lowest BCUT2D eigenvalue weighted by molar-refractivity contribution is -0.140. The quantitative estimate of drug-likeness (QED) is 0.131. The predicted molar refractivity (Wildman–Crippen MR) is 192 cm³/mol. The van der Waals surface area contributed by atoms with E-state index >= 15 is 0 Å². The molecule has 1 N–H and O–H groups in total. The second kappa shape index (κ2) is 17.0. The Hall–Kier alpha value is -4.63. The number of ether oxygens (including phenoxy) is 1. The highest BCUT2D eigenvalue weighted by molar-refractivity contribution is 7.92. The van der Waals surface area contributed by atoms with Gasteiger partial charge in [0.25, 0.3) is 10.0 Å². The zero-order chi connectivity index (χ0) is 34.7. The molecular formula is C39H47N3O5S. The molecule has 0 aliphatic carbocycles. The van der Waals surface area contributed by atoms with E-state index in [1.165, 1.54) is 4.90 Å². The maximum Gasteiger partial charge on any atom is 0.264 e. The van der Waals surface area contributed by atoms with E-state index in [1.807, 2.05) is 80.6 Å². The zero-order valence-electron chi connectivity index (χ0n) is 28.6. The molecule has 0 saturated heterocycles. The van der Waals surface area contributed by atoms with Crippen LogP contribution in [0.5, 0.6) is 5.75 Å². The SMILES string of the molecule is CCCCNC(=O)[C@H](Cc1ccccc1)N(Cc1cccc(OC)c1)C(=O)CN(c1ccc(C(C)C)cc1)S(=O)(=O)c1ccc(C)cc1. The van der Waals surface area contributed by atoms with E-state index in [4.69, 9.17) is 4.74 Å². The molecule has 4 rings (SSSR count). The number of unbranched alkanes of at least 4 members (excludes halogenated alkanes) is 1. The normalized spacial score (nSPS) is 12.0. The van der Waals surface area contributed by atoms with Gasteiger partial charge in [0, 0.05) is 19.5 Å². The molecule has 8 nitrogen and oxygen atoms in total. The van der Waals surface area contributed by atoms with Crippen molar-refractivity contribution in [3.63, 3.8) is 0 Å². The first-order valence-electron chi connectivity index (χ1n) is 16.5. The fourth-order valence-electron chi connectivity index (χ4n) is 5.42. The maximum absolute atomic E-state index is 14.7. The zero-order valence-corrected chi connectivity index (χ0v) is 29.4. The third-order valence-corrected chi connectivity index (χ3v) is 10.1. The molecule has 0 aliphatic heterocycles. The minimum Gasteiger partial charge on any atom is -0.497 e. The van der Waals surface area contributed by atoms with Gasteiger partial charge in [-0.25, -0.2) is 8.42 Å². The number of aryl methyl sites for hydroxylation is 1. The minimum absolute atomic E-state index is 0.0689. The number of amides is 2.